The van der Waals surface area contributed by atoms with E-state index >= 15 is 0 Å². The lowest BCUT2D eigenvalue weighted by Gasteiger charge is -2.38. The topological polar surface area (TPSA) is 135 Å². The third-order valence-electron chi connectivity index (χ3n) is 5.65. The predicted octanol–water partition coefficient (Wildman–Crippen LogP) is 0.738. The van der Waals surface area contributed by atoms with Gasteiger partial charge in [-0.3, -0.25) is 14.9 Å². The summed E-state index contributed by atoms with van der Waals surface area (Å²) in [5, 5.41) is 8.15. The number of hydrogen-bond acceptors (Lipinski definition) is 7. The van der Waals surface area contributed by atoms with E-state index in [-0.39, 0.29) is 29.0 Å². The van der Waals surface area contributed by atoms with Gasteiger partial charge in [-0.2, -0.15) is 0 Å². The first-order valence-corrected chi connectivity index (χ1v) is 10.5. The van der Waals surface area contributed by atoms with Crippen LogP contribution in [0.15, 0.2) is 12.1 Å². The number of nitrogens with two attached hydrogens (primary N) is 1. The van der Waals surface area contributed by atoms with Crippen molar-refractivity contribution in [1.29, 1.82) is 0 Å². The summed E-state index contributed by atoms with van der Waals surface area (Å²) in [6.07, 6.45) is 1.84. The van der Waals surface area contributed by atoms with E-state index in [9.17, 15) is 14.4 Å². The number of benzene rings is 1. The number of nitrogen functional groups attached to an aromatic ring is 1. The predicted molar refractivity (Wildman–Crippen MR) is 115 cm³/mol. The molecule has 0 radical (unpaired) electrons. The average molecular weight is 454 g/mol. The van der Waals surface area contributed by atoms with Gasteiger partial charge in [-0.15, -0.1) is 0 Å². The van der Waals surface area contributed by atoms with Crippen molar-refractivity contribution in [3.63, 3.8) is 0 Å². The minimum absolute atomic E-state index is 0.172. The van der Waals surface area contributed by atoms with Crippen molar-refractivity contribution >= 4 is 35.1 Å². The first kappa shape index (κ1) is 23.1. The molecule has 2 aliphatic rings. The molecule has 10 nitrogen and oxygen atoms in total. The molecule has 0 aromatic heterocycles. The lowest BCUT2D eigenvalue weighted by molar-refractivity contribution is -0.120. The van der Waals surface area contributed by atoms with Crippen LogP contribution < -0.4 is 26.4 Å². The van der Waals surface area contributed by atoms with Crippen LogP contribution in [0.1, 0.15) is 29.6 Å². The van der Waals surface area contributed by atoms with Crippen LogP contribution in [0.5, 0.6) is 5.75 Å². The number of likely N-dealkylation sites (tertiary alicyclic amines) is 1. The number of hydrogen-bond donors (Lipinski definition) is 4. The fraction of sp³-hybridized carbons (Fsp3) is 0.550. The van der Waals surface area contributed by atoms with Crippen LogP contribution in [0.4, 0.5) is 10.5 Å². The highest BCUT2D eigenvalue weighted by Crippen LogP contribution is 2.29. The number of urea groups is 1. The van der Waals surface area contributed by atoms with Gasteiger partial charge in [0.25, 0.3) is 11.8 Å². The largest absolute Gasteiger partial charge is 0.496 e. The maximum Gasteiger partial charge on any atom is 0.322 e. The van der Waals surface area contributed by atoms with Gasteiger partial charge in [0, 0.05) is 26.3 Å². The van der Waals surface area contributed by atoms with Crippen LogP contribution in [0.2, 0.25) is 5.02 Å². The Kier molecular flexibility index (Phi) is 7.58. The lowest BCUT2D eigenvalue weighted by atomic mass is 10.00. The van der Waals surface area contributed by atoms with Crippen molar-refractivity contribution in [3.05, 3.63) is 22.7 Å². The second-order valence-electron chi connectivity index (χ2n) is 7.67. The van der Waals surface area contributed by atoms with Crippen LogP contribution in [-0.4, -0.2) is 74.8 Å². The molecule has 5 N–H and O–H groups in total. The van der Waals surface area contributed by atoms with Gasteiger partial charge in [-0.25, -0.2) is 4.79 Å². The Morgan fingerprint density at radius 2 is 2.13 bits per heavy atom. The van der Waals surface area contributed by atoms with E-state index in [1.807, 2.05) is 0 Å². The number of nitrogens with zero attached hydrogens (tertiary/aromatic N) is 1. The Hall–Kier alpha value is -2.56. The standard InChI is InChI=1S/C20H28ClN5O5/c1-30-16-9-13(22)12(21)8-11(16)18(27)23-14-5-7-26(10-17(14)31-2)6-3-4-15-19(28)25-20(29)24-15/h8-9,14-15,17H,3-7,10,22H2,1-2H3,(H,23,27)(H2,24,25,28,29)/t14-,15?,17+/m0/s1. The van der Waals surface area contributed by atoms with E-state index in [4.69, 9.17) is 26.8 Å². The molecular weight excluding hydrogens is 426 g/mol. The van der Waals surface area contributed by atoms with Crippen LogP contribution in [0, 0.1) is 0 Å². The zero-order valence-electron chi connectivity index (χ0n) is 17.6. The minimum atomic E-state index is -0.468. The molecule has 3 atom stereocenters. The maximum atomic E-state index is 12.8. The molecule has 2 aliphatic heterocycles. The number of piperidine rings is 1. The Morgan fingerprint density at radius 3 is 2.77 bits per heavy atom. The third kappa shape index (κ3) is 5.57. The van der Waals surface area contributed by atoms with Crippen molar-refractivity contribution in [2.75, 3.05) is 39.6 Å². The van der Waals surface area contributed by atoms with Crippen molar-refractivity contribution in [2.24, 2.45) is 0 Å². The Bertz CT molecular complexity index is 851. The van der Waals surface area contributed by atoms with E-state index in [2.05, 4.69) is 20.9 Å². The first-order chi connectivity index (χ1) is 14.8. The Morgan fingerprint density at radius 1 is 1.35 bits per heavy atom. The molecule has 170 valence electrons. The Labute approximate surface area is 185 Å². The van der Waals surface area contributed by atoms with E-state index in [0.717, 1.165) is 19.5 Å². The number of rotatable bonds is 8. The summed E-state index contributed by atoms with van der Waals surface area (Å²) in [4.78, 5) is 37.9. The molecule has 11 heteroatoms. The van der Waals surface area contributed by atoms with Crippen molar-refractivity contribution in [2.45, 2.75) is 37.5 Å². The lowest BCUT2D eigenvalue weighted by Crippen LogP contribution is -2.55. The van der Waals surface area contributed by atoms with Gasteiger partial charge in [0.05, 0.1) is 35.5 Å². The molecule has 1 aromatic carbocycles. The molecule has 0 saturated carbocycles. The number of imide groups is 1. The van der Waals surface area contributed by atoms with Gasteiger partial charge in [-0.05, 0) is 31.9 Å². The van der Waals surface area contributed by atoms with Crippen molar-refractivity contribution in [1.82, 2.24) is 20.9 Å². The van der Waals surface area contributed by atoms with E-state index < -0.39 is 12.1 Å². The van der Waals surface area contributed by atoms with Crippen LogP contribution in [0.3, 0.4) is 0 Å². The SMILES string of the molecule is COc1cc(N)c(Cl)cc1C(=O)N[C@H]1CCN(CCCC2NC(=O)NC2=O)C[C@H]1OC. The van der Waals surface area contributed by atoms with Gasteiger partial charge in [0.1, 0.15) is 11.8 Å². The second-order valence-corrected chi connectivity index (χ2v) is 8.08. The fourth-order valence-corrected chi connectivity index (χ4v) is 4.09. The second kappa shape index (κ2) is 10.2. The number of anilines is 1. The molecule has 1 aromatic rings. The summed E-state index contributed by atoms with van der Waals surface area (Å²) in [5.41, 5.74) is 6.45. The number of methoxy groups -OCH3 is 2. The molecule has 31 heavy (non-hydrogen) atoms. The molecule has 2 saturated heterocycles. The minimum Gasteiger partial charge on any atom is -0.496 e. The summed E-state index contributed by atoms with van der Waals surface area (Å²) in [6, 6.07) is 1.95. The van der Waals surface area contributed by atoms with Gasteiger partial charge < -0.3 is 30.7 Å². The van der Waals surface area contributed by atoms with Crippen LogP contribution in [0.25, 0.3) is 0 Å². The van der Waals surface area contributed by atoms with Gasteiger partial charge in [0.15, 0.2) is 0 Å². The maximum absolute atomic E-state index is 12.8. The summed E-state index contributed by atoms with van der Waals surface area (Å²) < 4.78 is 10.9. The summed E-state index contributed by atoms with van der Waals surface area (Å²) in [6.45, 7) is 2.18. The summed E-state index contributed by atoms with van der Waals surface area (Å²) in [7, 11) is 3.09. The molecular formula is C20H28ClN5O5. The number of halogens is 1. The average Bonchev–Trinajstić information content (AvgIpc) is 3.07. The number of amides is 4. The molecule has 3 rings (SSSR count). The molecule has 4 amide bonds. The molecule has 2 heterocycles. The van der Waals surface area contributed by atoms with Crippen LogP contribution >= 0.6 is 11.6 Å². The Balaban J connectivity index is 1.53. The number of nitrogens with one attached hydrogen (secondary N) is 3. The quantitative estimate of drug-likeness (QED) is 0.336. The van der Waals surface area contributed by atoms with Crippen molar-refractivity contribution < 1.29 is 23.9 Å². The zero-order valence-corrected chi connectivity index (χ0v) is 18.3. The highest BCUT2D eigenvalue weighted by Gasteiger charge is 2.32. The smallest absolute Gasteiger partial charge is 0.322 e. The fourth-order valence-electron chi connectivity index (χ4n) is 3.93. The van der Waals surface area contributed by atoms with Gasteiger partial charge >= 0.3 is 6.03 Å². The number of carbonyl (C=O) groups is 3. The van der Waals surface area contributed by atoms with Gasteiger partial charge in [-0.1, -0.05) is 11.6 Å². The van der Waals surface area contributed by atoms with E-state index in [1.165, 1.54) is 19.2 Å². The normalized spacial score (nSPS) is 23.9. The highest BCUT2D eigenvalue weighted by atomic mass is 35.5. The van der Waals surface area contributed by atoms with Gasteiger partial charge in [0.2, 0.25) is 0 Å². The number of ether oxygens (including phenoxy) is 2. The van der Waals surface area contributed by atoms with Crippen molar-refractivity contribution in [3.8, 4) is 5.75 Å². The summed E-state index contributed by atoms with van der Waals surface area (Å²) in [5.74, 6) is -0.226. The highest BCUT2D eigenvalue weighted by molar-refractivity contribution is 6.33. The monoisotopic (exact) mass is 453 g/mol. The molecule has 0 aliphatic carbocycles. The third-order valence-corrected chi connectivity index (χ3v) is 5.98. The molecule has 0 bridgehead atoms. The molecule has 0 spiro atoms. The summed E-state index contributed by atoms with van der Waals surface area (Å²) >= 11 is 6.08. The van der Waals surface area contributed by atoms with E-state index in [0.29, 0.717) is 36.4 Å². The molecule has 1 unspecified atom stereocenters. The first-order valence-electron chi connectivity index (χ1n) is 10.1. The molecule has 2 fully saturated rings. The number of carbonyl (C=O) groups excluding carboxylic acids is 3. The zero-order chi connectivity index (χ0) is 22.5. The van der Waals surface area contributed by atoms with Crippen LogP contribution in [-0.2, 0) is 9.53 Å². The van der Waals surface area contributed by atoms with E-state index in [1.54, 1.807) is 7.11 Å².